The van der Waals surface area contributed by atoms with Gasteiger partial charge in [-0.3, -0.25) is 4.72 Å². The van der Waals surface area contributed by atoms with E-state index in [2.05, 4.69) is 14.9 Å². The first-order chi connectivity index (χ1) is 11.4. The minimum absolute atomic E-state index is 0.000951. The van der Waals surface area contributed by atoms with Gasteiger partial charge in [0, 0.05) is 17.2 Å². The van der Waals surface area contributed by atoms with Gasteiger partial charge in [-0.25, -0.2) is 8.42 Å². The first kappa shape index (κ1) is 16.2. The van der Waals surface area contributed by atoms with Gasteiger partial charge >= 0.3 is 0 Å². The zero-order chi connectivity index (χ0) is 17.2. The van der Waals surface area contributed by atoms with E-state index >= 15 is 0 Å². The fourth-order valence-corrected chi connectivity index (χ4v) is 2.90. The van der Waals surface area contributed by atoms with Crippen molar-refractivity contribution in [1.29, 1.82) is 0 Å². The Bertz CT molecular complexity index is 936. The third-order valence-corrected chi connectivity index (χ3v) is 4.15. The Morgan fingerprint density at radius 2 is 1.83 bits per heavy atom. The maximum absolute atomic E-state index is 11.3. The summed E-state index contributed by atoms with van der Waals surface area (Å²) in [6.45, 7) is 2.01. The second kappa shape index (κ2) is 6.45. The number of benzene rings is 2. The maximum Gasteiger partial charge on any atom is 0.258 e. The molecule has 3 aromatic rings. The van der Waals surface area contributed by atoms with E-state index in [1.807, 2.05) is 37.3 Å². The minimum atomic E-state index is -3.34. The molecular weight excluding hydrogens is 326 g/mol. The molecule has 0 aliphatic rings. The van der Waals surface area contributed by atoms with Crippen LogP contribution in [0.5, 0.6) is 0 Å². The Morgan fingerprint density at radius 3 is 2.54 bits per heavy atom. The molecule has 2 aromatic carbocycles. The zero-order valence-corrected chi connectivity index (χ0v) is 14.1. The summed E-state index contributed by atoms with van der Waals surface area (Å²) in [6.07, 6.45) is 1.10. The second-order valence-corrected chi connectivity index (χ2v) is 7.29. The molecule has 24 heavy (non-hydrogen) atoms. The second-order valence-electron chi connectivity index (χ2n) is 5.55. The van der Waals surface area contributed by atoms with Gasteiger partial charge in [-0.15, -0.1) is 0 Å². The number of sulfonamides is 1. The molecule has 3 rings (SSSR count). The van der Waals surface area contributed by atoms with Gasteiger partial charge in [0.15, 0.2) is 5.82 Å². The third-order valence-electron chi connectivity index (χ3n) is 3.54. The van der Waals surface area contributed by atoms with Crippen LogP contribution in [0.1, 0.15) is 24.2 Å². The highest BCUT2D eigenvalue weighted by Gasteiger charge is 2.16. The minimum Gasteiger partial charge on any atom is -0.334 e. The van der Waals surface area contributed by atoms with Gasteiger partial charge in [-0.1, -0.05) is 48.5 Å². The molecule has 0 fully saturated rings. The lowest BCUT2D eigenvalue weighted by Crippen LogP contribution is -2.09. The van der Waals surface area contributed by atoms with E-state index in [1.54, 1.807) is 24.3 Å². The number of nitrogens with zero attached hydrogens (tertiary/aromatic N) is 2. The summed E-state index contributed by atoms with van der Waals surface area (Å²) in [5, 5.41) is 4.05. The Labute approximate surface area is 140 Å². The van der Waals surface area contributed by atoms with Crippen LogP contribution in [0.25, 0.3) is 11.5 Å². The molecule has 0 saturated carbocycles. The average molecular weight is 343 g/mol. The van der Waals surface area contributed by atoms with Crippen LogP contribution in [0.2, 0.25) is 0 Å². The number of hydrogen-bond acceptors (Lipinski definition) is 5. The summed E-state index contributed by atoms with van der Waals surface area (Å²) in [5.41, 5.74) is 2.20. The Hall–Kier alpha value is -2.67. The van der Waals surface area contributed by atoms with E-state index in [4.69, 9.17) is 4.52 Å². The molecule has 124 valence electrons. The van der Waals surface area contributed by atoms with Crippen LogP contribution in [0.4, 0.5) is 5.69 Å². The highest BCUT2D eigenvalue weighted by molar-refractivity contribution is 7.92. The predicted molar refractivity (Wildman–Crippen MR) is 92.2 cm³/mol. The molecule has 0 radical (unpaired) electrons. The number of rotatable bonds is 5. The molecule has 0 bridgehead atoms. The van der Waals surface area contributed by atoms with Crippen molar-refractivity contribution in [1.82, 2.24) is 10.1 Å². The normalized spacial score (nSPS) is 12.8. The van der Waals surface area contributed by atoms with E-state index in [-0.39, 0.29) is 5.92 Å². The molecule has 1 atom stereocenters. The Balaban J connectivity index is 1.87. The molecule has 6 nitrogen and oxygen atoms in total. The number of aromatic nitrogens is 2. The van der Waals surface area contributed by atoms with Crippen LogP contribution in [0.15, 0.2) is 59.1 Å². The molecule has 1 unspecified atom stereocenters. The monoisotopic (exact) mass is 343 g/mol. The summed E-state index contributed by atoms with van der Waals surface area (Å²) < 4.78 is 30.4. The molecule has 0 saturated heterocycles. The maximum atomic E-state index is 11.3. The van der Waals surface area contributed by atoms with Crippen molar-refractivity contribution in [3.05, 3.63) is 66.0 Å². The smallest absolute Gasteiger partial charge is 0.258 e. The van der Waals surface area contributed by atoms with Gasteiger partial charge in [0.1, 0.15) is 0 Å². The van der Waals surface area contributed by atoms with Crippen molar-refractivity contribution in [3.8, 4) is 11.5 Å². The van der Waals surface area contributed by atoms with Crippen molar-refractivity contribution >= 4 is 15.7 Å². The first-order valence-corrected chi connectivity index (χ1v) is 9.28. The molecular formula is C17H17N3O3S. The van der Waals surface area contributed by atoms with Crippen LogP contribution >= 0.6 is 0 Å². The number of hydrogen-bond donors (Lipinski definition) is 1. The van der Waals surface area contributed by atoms with Crippen molar-refractivity contribution in [3.63, 3.8) is 0 Å². The van der Waals surface area contributed by atoms with Crippen molar-refractivity contribution < 1.29 is 12.9 Å². The van der Waals surface area contributed by atoms with Crippen molar-refractivity contribution in [2.45, 2.75) is 12.8 Å². The molecule has 1 N–H and O–H groups in total. The Morgan fingerprint density at radius 1 is 1.08 bits per heavy atom. The predicted octanol–water partition coefficient (Wildman–Crippen LogP) is 3.26. The van der Waals surface area contributed by atoms with E-state index in [0.29, 0.717) is 23.0 Å². The molecule has 1 heterocycles. The van der Waals surface area contributed by atoms with Gasteiger partial charge in [-0.05, 0) is 23.8 Å². The molecule has 7 heteroatoms. The topological polar surface area (TPSA) is 85.1 Å². The zero-order valence-electron chi connectivity index (χ0n) is 13.3. The quantitative estimate of drug-likeness (QED) is 0.768. The summed E-state index contributed by atoms with van der Waals surface area (Å²) in [7, 11) is -3.34. The SMILES string of the molecule is CC(c1ccccc1)c1noc(-c2cccc(NS(C)(=O)=O)c2)n1. The largest absolute Gasteiger partial charge is 0.334 e. The lowest BCUT2D eigenvalue weighted by atomic mass is 10.0. The molecule has 1 aromatic heterocycles. The Kier molecular flexibility index (Phi) is 4.35. The molecule has 0 aliphatic carbocycles. The summed E-state index contributed by atoms with van der Waals surface area (Å²) >= 11 is 0. The average Bonchev–Trinajstić information content (AvgIpc) is 3.03. The summed E-state index contributed by atoms with van der Waals surface area (Å²) in [5.74, 6) is 0.934. The summed E-state index contributed by atoms with van der Waals surface area (Å²) in [6, 6.07) is 16.7. The van der Waals surface area contributed by atoms with Crippen molar-refractivity contribution in [2.75, 3.05) is 11.0 Å². The fraction of sp³-hybridized carbons (Fsp3) is 0.176. The van der Waals surface area contributed by atoms with Crippen LogP contribution in [0.3, 0.4) is 0 Å². The van der Waals surface area contributed by atoms with Crippen molar-refractivity contribution in [2.24, 2.45) is 0 Å². The van der Waals surface area contributed by atoms with Gasteiger partial charge in [0.05, 0.1) is 6.26 Å². The van der Waals surface area contributed by atoms with Gasteiger partial charge in [0.25, 0.3) is 5.89 Å². The number of anilines is 1. The fourth-order valence-electron chi connectivity index (χ4n) is 2.35. The van der Waals surface area contributed by atoms with Crippen LogP contribution in [-0.2, 0) is 10.0 Å². The van der Waals surface area contributed by atoms with Crippen LogP contribution in [-0.4, -0.2) is 24.8 Å². The molecule has 0 amide bonds. The van der Waals surface area contributed by atoms with Gasteiger partial charge in [-0.2, -0.15) is 4.98 Å². The van der Waals surface area contributed by atoms with Crippen LogP contribution < -0.4 is 4.72 Å². The third kappa shape index (κ3) is 3.80. The highest BCUT2D eigenvalue weighted by atomic mass is 32.2. The van der Waals surface area contributed by atoms with E-state index in [0.717, 1.165) is 11.8 Å². The first-order valence-electron chi connectivity index (χ1n) is 7.39. The van der Waals surface area contributed by atoms with Gasteiger partial charge in [0.2, 0.25) is 10.0 Å². The molecule has 0 aliphatic heterocycles. The molecule has 0 spiro atoms. The van der Waals surface area contributed by atoms with E-state index in [9.17, 15) is 8.42 Å². The van der Waals surface area contributed by atoms with E-state index < -0.39 is 10.0 Å². The number of nitrogens with one attached hydrogen (secondary N) is 1. The highest BCUT2D eigenvalue weighted by Crippen LogP contribution is 2.26. The lowest BCUT2D eigenvalue weighted by Gasteiger charge is -2.06. The standard InChI is InChI=1S/C17H17N3O3S/c1-12(13-7-4-3-5-8-13)16-18-17(23-19-16)14-9-6-10-15(11-14)20-24(2,21)22/h3-12,20H,1-2H3. The van der Waals surface area contributed by atoms with Crippen LogP contribution in [0, 0.1) is 0 Å². The summed E-state index contributed by atoms with van der Waals surface area (Å²) in [4.78, 5) is 4.44. The van der Waals surface area contributed by atoms with E-state index in [1.165, 1.54) is 0 Å². The van der Waals surface area contributed by atoms with Gasteiger partial charge < -0.3 is 4.52 Å². The lowest BCUT2D eigenvalue weighted by molar-refractivity contribution is 0.420.